The third-order valence-corrected chi connectivity index (χ3v) is 4.58. The molecule has 9 heteroatoms. The molecule has 1 N–H and O–H groups in total. The van der Waals surface area contributed by atoms with E-state index >= 15 is 0 Å². The predicted molar refractivity (Wildman–Crippen MR) is 112 cm³/mol. The first-order valence-electron chi connectivity index (χ1n) is 8.90. The number of aryl methyl sites for hydroxylation is 1. The number of anilines is 1. The number of aromatic nitrogens is 2. The number of hydrogen-bond acceptors (Lipinski definition) is 5. The van der Waals surface area contributed by atoms with Gasteiger partial charge in [0, 0.05) is 18.3 Å². The minimum absolute atomic E-state index is 0.180. The van der Waals surface area contributed by atoms with Gasteiger partial charge in [-0.25, -0.2) is 0 Å². The molecule has 0 saturated carbocycles. The Bertz CT molecular complexity index is 1050. The summed E-state index contributed by atoms with van der Waals surface area (Å²) in [7, 11) is 0. The fraction of sp³-hybridized carbons (Fsp3) is 0.200. The molecule has 3 rings (SSSR count). The Balaban J connectivity index is 1.86. The number of hydrogen-bond donors (Lipinski definition) is 1. The second-order valence-electron chi connectivity index (χ2n) is 6.44. The second-order valence-corrected chi connectivity index (χ2v) is 7.36. The monoisotopic (exact) mass is 458 g/mol. The van der Waals surface area contributed by atoms with Gasteiger partial charge in [0.1, 0.15) is 17.5 Å². The standard InChI is InChI=1S/C20H19BrN4O4/c1-3-19(24-12-14(21)11-22-24)20(26)23-15-8-16(25(27)28)10-18(9-15)29-17-6-4-5-13(2)7-17/h4-12,19H,3H2,1-2H3,(H,23,26). The highest BCUT2D eigenvalue weighted by Gasteiger charge is 2.21. The van der Waals surface area contributed by atoms with E-state index in [2.05, 4.69) is 26.3 Å². The van der Waals surface area contributed by atoms with Gasteiger partial charge in [-0.05, 0) is 47.0 Å². The molecule has 1 atom stereocenters. The van der Waals surface area contributed by atoms with E-state index in [1.54, 1.807) is 29.2 Å². The Morgan fingerprint density at radius 2 is 2.10 bits per heavy atom. The fourth-order valence-electron chi connectivity index (χ4n) is 2.84. The van der Waals surface area contributed by atoms with Crippen LogP contribution in [0, 0.1) is 17.0 Å². The highest BCUT2D eigenvalue weighted by Crippen LogP contribution is 2.30. The molecule has 1 unspecified atom stereocenters. The molecule has 1 aromatic heterocycles. The molecule has 0 bridgehead atoms. The van der Waals surface area contributed by atoms with Gasteiger partial charge in [-0.2, -0.15) is 5.10 Å². The SMILES string of the molecule is CCC(C(=O)Nc1cc(Oc2cccc(C)c2)cc([N+](=O)[O-])c1)n1cc(Br)cn1. The van der Waals surface area contributed by atoms with Crippen LogP contribution in [0.5, 0.6) is 11.5 Å². The maximum absolute atomic E-state index is 12.8. The molecule has 3 aromatic rings. The van der Waals surface area contributed by atoms with Crippen LogP contribution in [0.3, 0.4) is 0 Å². The molecule has 1 heterocycles. The Kier molecular flexibility index (Phi) is 6.28. The zero-order chi connectivity index (χ0) is 21.0. The van der Waals surface area contributed by atoms with Crippen LogP contribution in [0.25, 0.3) is 0 Å². The van der Waals surface area contributed by atoms with Gasteiger partial charge in [-0.3, -0.25) is 19.6 Å². The van der Waals surface area contributed by atoms with E-state index in [-0.39, 0.29) is 23.0 Å². The van der Waals surface area contributed by atoms with Crippen molar-refractivity contribution < 1.29 is 14.5 Å². The molecule has 8 nitrogen and oxygen atoms in total. The fourth-order valence-corrected chi connectivity index (χ4v) is 3.14. The highest BCUT2D eigenvalue weighted by atomic mass is 79.9. The van der Waals surface area contributed by atoms with Crippen molar-refractivity contribution in [1.29, 1.82) is 0 Å². The summed E-state index contributed by atoms with van der Waals surface area (Å²) in [5.41, 5.74) is 1.09. The lowest BCUT2D eigenvalue weighted by Crippen LogP contribution is -2.26. The van der Waals surface area contributed by atoms with E-state index in [4.69, 9.17) is 4.74 Å². The first-order chi connectivity index (χ1) is 13.9. The number of ether oxygens (including phenoxy) is 1. The van der Waals surface area contributed by atoms with Gasteiger partial charge in [0.25, 0.3) is 5.69 Å². The lowest BCUT2D eigenvalue weighted by molar-refractivity contribution is -0.384. The smallest absolute Gasteiger partial charge is 0.275 e. The van der Waals surface area contributed by atoms with Gasteiger partial charge in [0.05, 0.1) is 27.3 Å². The van der Waals surface area contributed by atoms with Crippen LogP contribution in [-0.4, -0.2) is 20.6 Å². The summed E-state index contributed by atoms with van der Waals surface area (Å²) < 4.78 is 8.07. The first-order valence-corrected chi connectivity index (χ1v) is 9.69. The number of non-ortho nitro benzene ring substituents is 1. The van der Waals surface area contributed by atoms with Gasteiger partial charge in [-0.15, -0.1) is 0 Å². The van der Waals surface area contributed by atoms with Crippen LogP contribution >= 0.6 is 15.9 Å². The Labute approximate surface area is 175 Å². The van der Waals surface area contributed by atoms with Crippen molar-refractivity contribution in [2.75, 3.05) is 5.32 Å². The van der Waals surface area contributed by atoms with Crippen LogP contribution in [0.2, 0.25) is 0 Å². The first kappa shape index (κ1) is 20.5. The molecule has 1 amide bonds. The molecule has 0 saturated heterocycles. The summed E-state index contributed by atoms with van der Waals surface area (Å²) in [6, 6.07) is 10.9. The number of nitro benzene ring substituents is 1. The second kappa shape index (κ2) is 8.87. The van der Waals surface area contributed by atoms with Gasteiger partial charge in [0.2, 0.25) is 5.91 Å². The van der Waals surface area contributed by atoms with Crippen molar-refractivity contribution in [2.45, 2.75) is 26.3 Å². The molecule has 0 fully saturated rings. The Morgan fingerprint density at radius 3 is 2.72 bits per heavy atom. The number of benzene rings is 2. The van der Waals surface area contributed by atoms with Crippen LogP contribution in [-0.2, 0) is 4.79 Å². The Hall–Kier alpha value is -3.20. The van der Waals surface area contributed by atoms with Crippen molar-refractivity contribution in [3.8, 4) is 11.5 Å². The van der Waals surface area contributed by atoms with Crippen molar-refractivity contribution in [2.24, 2.45) is 0 Å². The average Bonchev–Trinajstić information content (AvgIpc) is 3.08. The molecule has 0 spiro atoms. The van der Waals surface area contributed by atoms with Crippen LogP contribution in [0.4, 0.5) is 11.4 Å². The number of nitro groups is 1. The lowest BCUT2D eigenvalue weighted by atomic mass is 10.2. The van der Waals surface area contributed by atoms with Gasteiger partial charge in [0.15, 0.2) is 0 Å². The van der Waals surface area contributed by atoms with Gasteiger partial charge < -0.3 is 10.1 Å². The van der Waals surface area contributed by atoms with Gasteiger partial charge in [-0.1, -0.05) is 19.1 Å². The van der Waals surface area contributed by atoms with E-state index in [0.717, 1.165) is 10.0 Å². The van der Waals surface area contributed by atoms with Crippen molar-refractivity contribution >= 4 is 33.2 Å². The lowest BCUT2D eigenvalue weighted by Gasteiger charge is -2.16. The summed E-state index contributed by atoms with van der Waals surface area (Å²) in [6.45, 7) is 3.78. The highest BCUT2D eigenvalue weighted by molar-refractivity contribution is 9.10. The Morgan fingerprint density at radius 1 is 1.31 bits per heavy atom. The zero-order valence-electron chi connectivity index (χ0n) is 15.8. The van der Waals surface area contributed by atoms with Crippen molar-refractivity contribution in [3.63, 3.8) is 0 Å². The minimum atomic E-state index is -0.554. The number of amides is 1. The topological polar surface area (TPSA) is 99.3 Å². The summed E-state index contributed by atoms with van der Waals surface area (Å²) in [5, 5.41) is 18.2. The normalized spacial score (nSPS) is 11.7. The zero-order valence-corrected chi connectivity index (χ0v) is 17.4. The van der Waals surface area contributed by atoms with Crippen molar-refractivity contribution in [3.05, 3.63) is 75.0 Å². The number of nitrogens with one attached hydrogen (secondary N) is 1. The molecular weight excluding hydrogens is 440 g/mol. The molecule has 0 aliphatic carbocycles. The number of carbonyl (C=O) groups excluding carboxylic acids is 1. The number of nitrogens with zero attached hydrogens (tertiary/aromatic N) is 3. The van der Waals surface area contributed by atoms with Crippen molar-refractivity contribution in [1.82, 2.24) is 9.78 Å². The summed E-state index contributed by atoms with van der Waals surface area (Å²) in [5.74, 6) is 0.482. The van der Waals surface area contributed by atoms with Crippen LogP contribution < -0.4 is 10.1 Å². The average molecular weight is 459 g/mol. The number of carbonyl (C=O) groups is 1. The van der Waals surface area contributed by atoms with E-state index in [0.29, 0.717) is 12.2 Å². The van der Waals surface area contributed by atoms with E-state index in [9.17, 15) is 14.9 Å². The molecule has 0 radical (unpaired) electrons. The van der Waals surface area contributed by atoms with Gasteiger partial charge >= 0.3 is 0 Å². The van der Waals surface area contributed by atoms with E-state index < -0.39 is 11.0 Å². The quantitative estimate of drug-likeness (QED) is 0.385. The number of halogens is 1. The molecule has 0 aliphatic heterocycles. The molecule has 0 aliphatic rings. The summed E-state index contributed by atoms with van der Waals surface area (Å²) in [4.78, 5) is 23.6. The minimum Gasteiger partial charge on any atom is -0.457 e. The number of rotatable bonds is 7. The molecule has 150 valence electrons. The van der Waals surface area contributed by atoms with E-state index in [1.807, 2.05) is 32.0 Å². The summed E-state index contributed by atoms with van der Waals surface area (Å²) in [6.07, 6.45) is 3.80. The summed E-state index contributed by atoms with van der Waals surface area (Å²) >= 11 is 3.31. The third-order valence-electron chi connectivity index (χ3n) is 4.17. The molecular formula is C20H19BrN4O4. The van der Waals surface area contributed by atoms with Crippen LogP contribution in [0.1, 0.15) is 24.9 Å². The maximum Gasteiger partial charge on any atom is 0.275 e. The largest absolute Gasteiger partial charge is 0.457 e. The predicted octanol–water partition coefficient (Wildman–Crippen LogP) is 5.24. The van der Waals surface area contributed by atoms with E-state index in [1.165, 1.54) is 12.1 Å². The molecule has 2 aromatic carbocycles. The molecule has 29 heavy (non-hydrogen) atoms. The maximum atomic E-state index is 12.8. The van der Waals surface area contributed by atoms with Crippen LogP contribution in [0.15, 0.2) is 59.3 Å². The third kappa shape index (κ3) is 5.20.